The molecule has 4 nitrogen and oxygen atoms in total. The molecule has 0 saturated heterocycles. The van der Waals surface area contributed by atoms with Gasteiger partial charge in [0.1, 0.15) is 11.9 Å². The molecule has 0 aliphatic heterocycles. The highest BCUT2D eigenvalue weighted by atomic mass is 79.9. The van der Waals surface area contributed by atoms with Gasteiger partial charge in [-0.2, -0.15) is 0 Å². The molecule has 0 aliphatic rings. The number of carboxylic acid groups (broad SMARTS) is 1. The van der Waals surface area contributed by atoms with Crippen LogP contribution in [0.25, 0.3) is 0 Å². The summed E-state index contributed by atoms with van der Waals surface area (Å²) in [5, 5.41) is 11.0. The van der Waals surface area contributed by atoms with Crippen molar-refractivity contribution in [3.8, 4) is 0 Å². The van der Waals surface area contributed by atoms with E-state index >= 15 is 0 Å². The van der Waals surface area contributed by atoms with Gasteiger partial charge >= 0.3 is 5.97 Å². The summed E-state index contributed by atoms with van der Waals surface area (Å²) in [5.74, 6) is -2.57. The molecule has 0 heterocycles. The van der Waals surface area contributed by atoms with E-state index in [0.29, 0.717) is 4.47 Å². The van der Waals surface area contributed by atoms with Gasteiger partial charge in [-0.3, -0.25) is 4.79 Å². The van der Waals surface area contributed by atoms with Crippen LogP contribution in [0.4, 0.5) is 4.39 Å². The lowest BCUT2D eigenvalue weighted by Crippen LogP contribution is -2.40. The van der Waals surface area contributed by atoms with Crippen molar-refractivity contribution in [1.29, 1.82) is 0 Å². The van der Waals surface area contributed by atoms with E-state index in [9.17, 15) is 14.0 Å². The van der Waals surface area contributed by atoms with Gasteiger partial charge in [-0.1, -0.05) is 22.9 Å². The first-order valence-corrected chi connectivity index (χ1v) is 5.73. The molecule has 1 aromatic rings. The van der Waals surface area contributed by atoms with E-state index < -0.39 is 23.7 Å². The number of benzene rings is 1. The minimum Gasteiger partial charge on any atom is -0.480 e. The molecule has 1 rings (SSSR count). The summed E-state index contributed by atoms with van der Waals surface area (Å²) in [7, 11) is 0. The Bertz CT molecular complexity index is 450. The average molecular weight is 304 g/mol. The number of hydrogen-bond acceptors (Lipinski definition) is 2. The summed E-state index contributed by atoms with van der Waals surface area (Å²) < 4.78 is 13.9. The average Bonchev–Trinajstić information content (AvgIpc) is 2.24. The molecule has 0 spiro atoms. The summed E-state index contributed by atoms with van der Waals surface area (Å²) in [6, 6.07) is 2.95. The Labute approximate surface area is 106 Å². The predicted octanol–water partition coefficient (Wildman–Crippen LogP) is 2.18. The van der Waals surface area contributed by atoms with Gasteiger partial charge in [0.25, 0.3) is 5.91 Å². The van der Waals surface area contributed by atoms with E-state index in [4.69, 9.17) is 5.11 Å². The van der Waals surface area contributed by atoms with Gasteiger partial charge in [-0.05, 0) is 24.6 Å². The fraction of sp³-hybridized carbons (Fsp3) is 0.273. The molecular formula is C11H11BrFNO3. The third-order valence-corrected chi connectivity index (χ3v) is 2.68. The summed E-state index contributed by atoms with van der Waals surface area (Å²) in [4.78, 5) is 22.3. The number of aliphatic carboxylic acids is 1. The SMILES string of the molecule is CC[C@@H](NC(=O)c1ccc(Br)cc1F)C(=O)O. The van der Waals surface area contributed by atoms with Gasteiger partial charge < -0.3 is 10.4 Å². The fourth-order valence-electron chi connectivity index (χ4n) is 1.25. The number of nitrogens with one attached hydrogen (secondary N) is 1. The number of carboxylic acids is 1. The van der Waals surface area contributed by atoms with Crippen molar-refractivity contribution in [2.75, 3.05) is 0 Å². The van der Waals surface area contributed by atoms with Gasteiger partial charge in [0, 0.05) is 4.47 Å². The normalized spacial score (nSPS) is 11.9. The lowest BCUT2D eigenvalue weighted by atomic mass is 10.1. The fourth-order valence-corrected chi connectivity index (χ4v) is 1.58. The van der Waals surface area contributed by atoms with Crippen LogP contribution in [-0.2, 0) is 4.79 Å². The maximum atomic E-state index is 13.4. The molecule has 0 unspecified atom stereocenters. The molecule has 1 atom stereocenters. The Hall–Kier alpha value is -1.43. The van der Waals surface area contributed by atoms with Crippen LogP contribution in [0.15, 0.2) is 22.7 Å². The van der Waals surface area contributed by atoms with Gasteiger partial charge in [0.05, 0.1) is 5.56 Å². The lowest BCUT2D eigenvalue weighted by molar-refractivity contribution is -0.139. The largest absolute Gasteiger partial charge is 0.480 e. The maximum Gasteiger partial charge on any atom is 0.326 e. The third kappa shape index (κ3) is 3.52. The minimum absolute atomic E-state index is 0.173. The quantitative estimate of drug-likeness (QED) is 0.896. The summed E-state index contributed by atoms with van der Waals surface area (Å²) >= 11 is 3.07. The first-order valence-electron chi connectivity index (χ1n) is 4.94. The number of halogens is 2. The zero-order valence-corrected chi connectivity index (χ0v) is 10.6. The monoisotopic (exact) mass is 303 g/mol. The Morgan fingerprint density at radius 3 is 2.65 bits per heavy atom. The Morgan fingerprint density at radius 1 is 1.53 bits per heavy atom. The van der Waals surface area contributed by atoms with Crippen LogP contribution in [-0.4, -0.2) is 23.0 Å². The van der Waals surface area contributed by atoms with Gasteiger partial charge in [-0.15, -0.1) is 0 Å². The van der Waals surface area contributed by atoms with Crippen molar-refractivity contribution in [3.05, 3.63) is 34.1 Å². The maximum absolute atomic E-state index is 13.4. The van der Waals surface area contributed by atoms with Crippen molar-refractivity contribution in [2.24, 2.45) is 0 Å². The molecule has 0 saturated carbocycles. The topological polar surface area (TPSA) is 66.4 Å². The molecule has 17 heavy (non-hydrogen) atoms. The molecule has 1 amide bonds. The van der Waals surface area contributed by atoms with E-state index in [0.717, 1.165) is 6.07 Å². The highest BCUT2D eigenvalue weighted by Gasteiger charge is 2.20. The molecule has 0 fully saturated rings. The number of amides is 1. The summed E-state index contributed by atoms with van der Waals surface area (Å²) in [5.41, 5.74) is -0.173. The second kappa shape index (κ2) is 5.77. The standard InChI is InChI=1S/C11H11BrFNO3/c1-2-9(11(16)17)14-10(15)7-4-3-6(12)5-8(7)13/h3-5,9H,2H2,1H3,(H,14,15)(H,16,17)/t9-/m1/s1. The number of hydrogen-bond donors (Lipinski definition) is 2. The van der Waals surface area contributed by atoms with Crippen molar-refractivity contribution in [3.63, 3.8) is 0 Å². The molecule has 0 aliphatic carbocycles. The zero-order valence-electron chi connectivity index (χ0n) is 9.04. The van der Waals surface area contributed by atoms with Crippen molar-refractivity contribution >= 4 is 27.8 Å². The van der Waals surface area contributed by atoms with Crippen LogP contribution in [0, 0.1) is 5.82 Å². The smallest absolute Gasteiger partial charge is 0.326 e. The van der Waals surface area contributed by atoms with Crippen LogP contribution in [0.3, 0.4) is 0 Å². The predicted molar refractivity (Wildman–Crippen MR) is 63.3 cm³/mol. The van der Waals surface area contributed by atoms with Gasteiger partial charge in [0.15, 0.2) is 0 Å². The highest BCUT2D eigenvalue weighted by Crippen LogP contribution is 2.15. The van der Waals surface area contributed by atoms with Crippen LogP contribution in [0.1, 0.15) is 23.7 Å². The Balaban J connectivity index is 2.86. The third-order valence-electron chi connectivity index (χ3n) is 2.19. The van der Waals surface area contributed by atoms with Crippen LogP contribution in [0.5, 0.6) is 0 Å². The van der Waals surface area contributed by atoms with Gasteiger partial charge in [0.2, 0.25) is 0 Å². The van der Waals surface area contributed by atoms with Crippen LogP contribution >= 0.6 is 15.9 Å². The molecule has 0 bridgehead atoms. The second-order valence-corrected chi connectivity index (χ2v) is 4.31. The molecular weight excluding hydrogens is 293 g/mol. The number of carbonyl (C=O) groups excluding carboxylic acids is 1. The van der Waals surface area contributed by atoms with Crippen molar-refractivity contribution in [1.82, 2.24) is 5.32 Å². The van der Waals surface area contributed by atoms with E-state index in [2.05, 4.69) is 21.2 Å². The molecule has 0 aromatic heterocycles. The van der Waals surface area contributed by atoms with Crippen LogP contribution in [0.2, 0.25) is 0 Å². The van der Waals surface area contributed by atoms with E-state index in [1.54, 1.807) is 6.92 Å². The lowest BCUT2D eigenvalue weighted by Gasteiger charge is -2.12. The van der Waals surface area contributed by atoms with Crippen LogP contribution < -0.4 is 5.32 Å². The highest BCUT2D eigenvalue weighted by molar-refractivity contribution is 9.10. The minimum atomic E-state index is -1.14. The second-order valence-electron chi connectivity index (χ2n) is 3.40. The zero-order chi connectivity index (χ0) is 13.0. The number of rotatable bonds is 4. The Morgan fingerprint density at radius 2 is 2.18 bits per heavy atom. The molecule has 92 valence electrons. The Kier molecular flexibility index (Phi) is 4.62. The van der Waals surface area contributed by atoms with Crippen molar-refractivity contribution in [2.45, 2.75) is 19.4 Å². The molecule has 2 N–H and O–H groups in total. The van der Waals surface area contributed by atoms with Crippen molar-refractivity contribution < 1.29 is 19.1 Å². The van der Waals surface area contributed by atoms with E-state index in [1.807, 2.05) is 0 Å². The first kappa shape index (κ1) is 13.6. The van der Waals surface area contributed by atoms with Gasteiger partial charge in [-0.25, -0.2) is 9.18 Å². The summed E-state index contributed by atoms with van der Waals surface area (Å²) in [6.45, 7) is 1.62. The van der Waals surface area contributed by atoms with E-state index in [-0.39, 0.29) is 12.0 Å². The first-order chi connectivity index (χ1) is 7.95. The molecule has 1 aromatic carbocycles. The summed E-state index contributed by atoms with van der Waals surface area (Å²) in [6.07, 6.45) is 0.235. The number of carbonyl (C=O) groups is 2. The molecule has 6 heteroatoms. The molecule has 0 radical (unpaired) electrons. The van der Waals surface area contributed by atoms with E-state index in [1.165, 1.54) is 12.1 Å².